The summed E-state index contributed by atoms with van der Waals surface area (Å²) in [7, 11) is 1.61. The van der Waals surface area contributed by atoms with E-state index in [1.54, 1.807) is 30.4 Å². The molecule has 152 valence electrons. The molecule has 0 aliphatic carbocycles. The molecule has 4 aromatic rings. The Hall–Kier alpha value is -4.06. The molecule has 0 unspecified atom stereocenters. The second-order valence-corrected chi connectivity index (χ2v) is 6.45. The Balaban J connectivity index is 1.41. The zero-order valence-electron chi connectivity index (χ0n) is 16.0. The quantitative estimate of drug-likeness (QED) is 0.508. The summed E-state index contributed by atoms with van der Waals surface area (Å²) in [6, 6.07) is 7.41. The molecule has 1 aromatic carbocycles. The maximum Gasteiger partial charge on any atom is 0.268 e. The van der Waals surface area contributed by atoms with Gasteiger partial charge in [0, 0.05) is 0 Å². The molecule has 12 nitrogen and oxygen atoms in total. The number of hydrogen-bond donors (Lipinski definition) is 1. The second kappa shape index (κ2) is 7.40. The Labute approximate surface area is 170 Å². The number of aromatic nitrogens is 7. The highest BCUT2D eigenvalue weighted by molar-refractivity contribution is 5.87. The predicted molar refractivity (Wildman–Crippen MR) is 105 cm³/mol. The zero-order valence-corrected chi connectivity index (χ0v) is 16.0. The number of carbonyl (C=O) groups is 1. The Morgan fingerprint density at radius 2 is 2.07 bits per heavy atom. The van der Waals surface area contributed by atoms with Gasteiger partial charge in [0.15, 0.2) is 11.2 Å². The van der Waals surface area contributed by atoms with E-state index in [0.29, 0.717) is 36.0 Å². The van der Waals surface area contributed by atoms with Crippen LogP contribution >= 0.6 is 0 Å². The third-order valence-electron chi connectivity index (χ3n) is 4.54. The standard InChI is InChI=1S/C18H17N9O3/c1-29-14-4-2-13(3-5-14)27-17-15(23-24-27)9-19-18(22-17)21-12-8-20-26(10-12)25-6-7-30-11-16(25)28/h2-5,8-10H,6-7,11H2,1H3,(H,19,21,22). The molecule has 0 saturated carbocycles. The van der Waals surface area contributed by atoms with Crippen molar-refractivity contribution in [2.75, 3.05) is 37.2 Å². The van der Waals surface area contributed by atoms with Gasteiger partial charge in [-0.25, -0.2) is 9.99 Å². The monoisotopic (exact) mass is 407 g/mol. The number of rotatable bonds is 5. The van der Waals surface area contributed by atoms with Crippen molar-refractivity contribution in [1.29, 1.82) is 0 Å². The van der Waals surface area contributed by atoms with Crippen LogP contribution in [0.5, 0.6) is 5.75 Å². The van der Waals surface area contributed by atoms with Crippen LogP contribution in [-0.4, -0.2) is 67.6 Å². The number of fused-ring (bicyclic) bond motifs is 1. The van der Waals surface area contributed by atoms with Crippen molar-refractivity contribution in [3.05, 3.63) is 42.9 Å². The van der Waals surface area contributed by atoms with E-state index in [0.717, 1.165) is 11.4 Å². The predicted octanol–water partition coefficient (Wildman–Crippen LogP) is 0.654. The summed E-state index contributed by atoms with van der Waals surface area (Å²) in [5, 5.41) is 17.1. The highest BCUT2D eigenvalue weighted by Gasteiger charge is 2.21. The zero-order chi connectivity index (χ0) is 20.5. The molecule has 1 aliphatic rings. The molecular formula is C18H17N9O3. The van der Waals surface area contributed by atoms with E-state index in [2.05, 4.69) is 30.7 Å². The van der Waals surface area contributed by atoms with Crippen LogP contribution < -0.4 is 15.1 Å². The number of amides is 1. The van der Waals surface area contributed by atoms with Crippen molar-refractivity contribution in [3.63, 3.8) is 0 Å². The van der Waals surface area contributed by atoms with Gasteiger partial charge in [0.2, 0.25) is 5.95 Å². The van der Waals surface area contributed by atoms with Crippen LogP contribution in [0, 0.1) is 0 Å². The summed E-state index contributed by atoms with van der Waals surface area (Å²) < 4.78 is 12.0. The summed E-state index contributed by atoms with van der Waals surface area (Å²) in [5.74, 6) is 0.950. The molecule has 0 radical (unpaired) electrons. The number of benzene rings is 1. The topological polar surface area (TPSA) is 125 Å². The Morgan fingerprint density at radius 3 is 2.87 bits per heavy atom. The third-order valence-corrected chi connectivity index (χ3v) is 4.54. The number of carbonyl (C=O) groups excluding carboxylic acids is 1. The number of nitrogens with one attached hydrogen (secondary N) is 1. The number of anilines is 2. The largest absolute Gasteiger partial charge is 0.497 e. The molecule has 1 amide bonds. The average molecular weight is 407 g/mol. The Morgan fingerprint density at radius 1 is 1.20 bits per heavy atom. The first-order chi connectivity index (χ1) is 14.7. The number of morpholine rings is 1. The van der Waals surface area contributed by atoms with Crippen molar-refractivity contribution in [2.24, 2.45) is 0 Å². The van der Waals surface area contributed by atoms with Crippen molar-refractivity contribution in [2.45, 2.75) is 0 Å². The number of hydrogen-bond acceptors (Lipinski definition) is 9. The summed E-state index contributed by atoms with van der Waals surface area (Å²) in [6.07, 6.45) is 4.87. The highest BCUT2D eigenvalue weighted by atomic mass is 16.5. The lowest BCUT2D eigenvalue weighted by Crippen LogP contribution is -2.48. The van der Waals surface area contributed by atoms with E-state index in [4.69, 9.17) is 9.47 Å². The molecule has 4 heterocycles. The number of ether oxygens (including phenoxy) is 2. The normalized spacial score (nSPS) is 14.3. The van der Waals surface area contributed by atoms with Gasteiger partial charge in [0.25, 0.3) is 5.91 Å². The number of methoxy groups -OCH3 is 1. The molecule has 0 bridgehead atoms. The molecular weight excluding hydrogens is 390 g/mol. The van der Waals surface area contributed by atoms with Gasteiger partial charge >= 0.3 is 0 Å². The number of nitrogens with zero attached hydrogens (tertiary/aromatic N) is 8. The molecule has 30 heavy (non-hydrogen) atoms. The molecule has 1 aliphatic heterocycles. The smallest absolute Gasteiger partial charge is 0.268 e. The molecule has 5 rings (SSSR count). The summed E-state index contributed by atoms with van der Waals surface area (Å²) in [6.45, 7) is 0.955. The Kier molecular flexibility index (Phi) is 4.44. The van der Waals surface area contributed by atoms with Crippen molar-refractivity contribution in [1.82, 2.24) is 34.9 Å². The lowest BCUT2D eigenvalue weighted by molar-refractivity contribution is -0.128. The maximum absolute atomic E-state index is 12.0. The van der Waals surface area contributed by atoms with E-state index >= 15 is 0 Å². The lowest BCUT2D eigenvalue weighted by Gasteiger charge is -2.25. The van der Waals surface area contributed by atoms with Crippen LogP contribution in [0.25, 0.3) is 16.9 Å². The third kappa shape index (κ3) is 3.28. The molecule has 0 spiro atoms. The first-order valence-electron chi connectivity index (χ1n) is 9.14. The first kappa shape index (κ1) is 18.0. The van der Waals surface area contributed by atoms with E-state index in [1.165, 1.54) is 9.80 Å². The van der Waals surface area contributed by atoms with Crippen LogP contribution in [0.1, 0.15) is 0 Å². The molecule has 12 heteroatoms. The van der Waals surface area contributed by atoms with E-state index in [1.807, 2.05) is 24.3 Å². The minimum atomic E-state index is -0.150. The fourth-order valence-corrected chi connectivity index (χ4v) is 3.05. The van der Waals surface area contributed by atoms with Gasteiger partial charge < -0.3 is 14.8 Å². The van der Waals surface area contributed by atoms with Crippen LogP contribution in [0.15, 0.2) is 42.9 Å². The fourth-order valence-electron chi connectivity index (χ4n) is 3.05. The van der Waals surface area contributed by atoms with E-state index in [-0.39, 0.29) is 12.5 Å². The summed E-state index contributed by atoms with van der Waals surface area (Å²) in [4.78, 5) is 22.3. The lowest BCUT2D eigenvalue weighted by atomic mass is 10.3. The van der Waals surface area contributed by atoms with Crippen molar-refractivity contribution < 1.29 is 14.3 Å². The van der Waals surface area contributed by atoms with Gasteiger partial charge in [-0.05, 0) is 24.3 Å². The van der Waals surface area contributed by atoms with Crippen LogP contribution in [0.3, 0.4) is 0 Å². The maximum atomic E-state index is 12.0. The molecule has 1 N–H and O–H groups in total. The van der Waals surface area contributed by atoms with Crippen LogP contribution in [0.2, 0.25) is 0 Å². The fraction of sp³-hybridized carbons (Fsp3) is 0.222. The molecule has 0 atom stereocenters. The minimum Gasteiger partial charge on any atom is -0.497 e. The van der Waals surface area contributed by atoms with Gasteiger partial charge in [0.1, 0.15) is 12.4 Å². The van der Waals surface area contributed by atoms with Gasteiger partial charge in [-0.1, -0.05) is 5.21 Å². The van der Waals surface area contributed by atoms with Gasteiger partial charge in [0.05, 0.1) is 50.2 Å². The Bertz CT molecular complexity index is 1200. The molecule has 1 fully saturated rings. The molecule has 1 saturated heterocycles. The summed E-state index contributed by atoms with van der Waals surface area (Å²) >= 11 is 0. The van der Waals surface area contributed by atoms with E-state index < -0.39 is 0 Å². The van der Waals surface area contributed by atoms with Crippen molar-refractivity contribution in [3.8, 4) is 11.4 Å². The van der Waals surface area contributed by atoms with E-state index in [9.17, 15) is 4.79 Å². The van der Waals surface area contributed by atoms with Gasteiger partial charge in [-0.2, -0.15) is 19.6 Å². The SMILES string of the molecule is COc1ccc(-n2nnc3cnc(Nc4cnn(N5CCOCC5=O)c4)nc32)cc1. The van der Waals surface area contributed by atoms with Crippen LogP contribution in [0.4, 0.5) is 11.6 Å². The van der Waals surface area contributed by atoms with Crippen LogP contribution in [-0.2, 0) is 9.53 Å². The van der Waals surface area contributed by atoms with Gasteiger partial charge in [-0.15, -0.1) is 5.10 Å². The highest BCUT2D eigenvalue weighted by Crippen LogP contribution is 2.19. The molecule has 3 aromatic heterocycles. The van der Waals surface area contributed by atoms with Crippen molar-refractivity contribution >= 4 is 28.7 Å². The average Bonchev–Trinajstić information content (AvgIpc) is 3.41. The first-order valence-corrected chi connectivity index (χ1v) is 9.14. The second-order valence-electron chi connectivity index (χ2n) is 6.45. The summed E-state index contributed by atoms with van der Waals surface area (Å²) in [5.41, 5.74) is 2.54. The van der Waals surface area contributed by atoms with Gasteiger partial charge in [-0.3, -0.25) is 4.79 Å². The minimum absolute atomic E-state index is 0.0464.